The van der Waals surface area contributed by atoms with Gasteiger partial charge >= 0.3 is 0 Å². The van der Waals surface area contributed by atoms with Crippen molar-refractivity contribution in [3.8, 4) is 0 Å². The number of guanidine groups is 1. The molecular weight excluding hydrogens is 502 g/mol. The molecule has 0 aliphatic rings. The summed E-state index contributed by atoms with van der Waals surface area (Å²) in [7, 11) is 5.54. The van der Waals surface area contributed by atoms with Crippen LogP contribution in [0, 0.1) is 5.82 Å². The van der Waals surface area contributed by atoms with E-state index in [0.717, 1.165) is 43.1 Å². The first-order valence-corrected chi connectivity index (χ1v) is 8.92. The third-order valence-electron chi connectivity index (χ3n) is 3.59. The lowest BCUT2D eigenvalue weighted by Crippen LogP contribution is -2.41. The molecular formula is C17H29BrFIN4O. The first-order valence-electron chi connectivity index (χ1n) is 8.12. The van der Waals surface area contributed by atoms with Crippen molar-refractivity contribution in [1.82, 2.24) is 15.5 Å². The van der Waals surface area contributed by atoms with Crippen LogP contribution in [-0.4, -0.2) is 64.9 Å². The summed E-state index contributed by atoms with van der Waals surface area (Å²) < 4.78 is 19.6. The molecule has 1 rings (SSSR count). The molecule has 1 aromatic carbocycles. The van der Waals surface area contributed by atoms with Crippen molar-refractivity contribution in [3.05, 3.63) is 34.1 Å². The van der Waals surface area contributed by atoms with Crippen molar-refractivity contribution in [3.63, 3.8) is 0 Å². The van der Waals surface area contributed by atoms with Crippen molar-refractivity contribution in [2.24, 2.45) is 4.99 Å². The van der Waals surface area contributed by atoms with Gasteiger partial charge in [0.15, 0.2) is 5.96 Å². The maximum atomic E-state index is 13.7. The number of hydrogen-bond acceptors (Lipinski definition) is 3. The van der Waals surface area contributed by atoms with Crippen LogP contribution in [0.2, 0.25) is 0 Å². The topological polar surface area (TPSA) is 48.9 Å². The second-order valence-corrected chi connectivity index (χ2v) is 6.48. The summed E-state index contributed by atoms with van der Waals surface area (Å²) >= 11 is 3.37. The van der Waals surface area contributed by atoms with E-state index in [4.69, 9.17) is 4.74 Å². The molecule has 0 heterocycles. The van der Waals surface area contributed by atoms with E-state index in [9.17, 15) is 4.39 Å². The summed E-state index contributed by atoms with van der Waals surface area (Å²) in [6.07, 6.45) is 1.63. The Morgan fingerprint density at radius 2 is 2.00 bits per heavy atom. The van der Waals surface area contributed by atoms with E-state index in [1.165, 1.54) is 6.07 Å². The maximum absolute atomic E-state index is 13.7. The van der Waals surface area contributed by atoms with E-state index in [0.29, 0.717) is 18.5 Å². The predicted octanol–water partition coefficient (Wildman–Crippen LogP) is 2.88. The Hall–Kier alpha value is -0.450. The Balaban J connectivity index is 0.00000576. The lowest BCUT2D eigenvalue weighted by atomic mass is 10.1. The summed E-state index contributed by atoms with van der Waals surface area (Å²) in [4.78, 5) is 6.43. The Kier molecular flexibility index (Phi) is 14.4. The number of rotatable bonds is 10. The molecule has 0 unspecified atom stereocenters. The van der Waals surface area contributed by atoms with Gasteiger partial charge in [0.1, 0.15) is 5.82 Å². The first-order chi connectivity index (χ1) is 11.6. The quantitative estimate of drug-likeness (QED) is 0.211. The molecule has 2 N–H and O–H groups in total. The standard InChI is InChI=1S/C17H28BrFN4O.HI/c1-20-17(22-9-11-23(2)10-4-12-24-3)21-8-7-14-13-15(18)5-6-16(14)19;/h5-6,13H,4,7-12H2,1-3H3,(H2,20,21,22);1H. The van der Waals surface area contributed by atoms with Crippen molar-refractivity contribution in [1.29, 1.82) is 0 Å². The highest BCUT2D eigenvalue weighted by atomic mass is 127. The molecule has 0 spiro atoms. The van der Waals surface area contributed by atoms with Crippen LogP contribution in [0.4, 0.5) is 4.39 Å². The van der Waals surface area contributed by atoms with Gasteiger partial charge in [0, 0.05) is 51.4 Å². The summed E-state index contributed by atoms with van der Waals surface area (Å²) in [5.41, 5.74) is 0.685. The van der Waals surface area contributed by atoms with Crippen LogP contribution in [0.25, 0.3) is 0 Å². The molecule has 1 aromatic rings. The van der Waals surface area contributed by atoms with E-state index < -0.39 is 0 Å². The van der Waals surface area contributed by atoms with Crippen molar-refractivity contribution in [2.75, 3.05) is 54.0 Å². The van der Waals surface area contributed by atoms with Gasteiger partial charge in [-0.1, -0.05) is 15.9 Å². The normalized spacial score (nSPS) is 11.4. The monoisotopic (exact) mass is 530 g/mol. The zero-order valence-electron chi connectivity index (χ0n) is 15.1. The number of hydrogen-bond donors (Lipinski definition) is 2. The number of halogens is 3. The molecule has 0 radical (unpaired) electrons. The third kappa shape index (κ3) is 11.0. The van der Waals surface area contributed by atoms with Gasteiger partial charge in [0.2, 0.25) is 0 Å². The molecule has 0 bridgehead atoms. The number of likely N-dealkylation sites (N-methyl/N-ethyl adjacent to an activating group) is 1. The number of benzene rings is 1. The maximum Gasteiger partial charge on any atom is 0.191 e. The molecule has 0 aromatic heterocycles. The van der Waals surface area contributed by atoms with Gasteiger partial charge in [0.25, 0.3) is 0 Å². The van der Waals surface area contributed by atoms with E-state index >= 15 is 0 Å². The molecule has 0 saturated heterocycles. The van der Waals surface area contributed by atoms with Gasteiger partial charge in [-0.05, 0) is 43.7 Å². The smallest absolute Gasteiger partial charge is 0.191 e. The number of nitrogens with zero attached hydrogens (tertiary/aromatic N) is 2. The fourth-order valence-electron chi connectivity index (χ4n) is 2.23. The summed E-state index contributed by atoms with van der Waals surface area (Å²) in [6, 6.07) is 4.99. The molecule has 144 valence electrons. The molecule has 0 atom stereocenters. The lowest BCUT2D eigenvalue weighted by Gasteiger charge is -2.18. The van der Waals surface area contributed by atoms with Crippen molar-refractivity contribution in [2.45, 2.75) is 12.8 Å². The molecule has 25 heavy (non-hydrogen) atoms. The average Bonchev–Trinajstić information content (AvgIpc) is 2.56. The van der Waals surface area contributed by atoms with Gasteiger partial charge in [-0.25, -0.2) is 4.39 Å². The number of aliphatic imine (C=N–C) groups is 1. The summed E-state index contributed by atoms with van der Waals surface area (Å²) in [5, 5.41) is 6.47. The minimum absolute atomic E-state index is 0. The van der Waals surface area contributed by atoms with Crippen LogP contribution < -0.4 is 10.6 Å². The summed E-state index contributed by atoms with van der Waals surface area (Å²) in [5.74, 6) is 0.552. The van der Waals surface area contributed by atoms with E-state index in [1.54, 1.807) is 20.2 Å². The summed E-state index contributed by atoms with van der Waals surface area (Å²) in [6.45, 7) is 4.13. The van der Waals surface area contributed by atoms with Crippen LogP contribution in [0.1, 0.15) is 12.0 Å². The van der Waals surface area contributed by atoms with E-state index in [1.807, 2.05) is 6.07 Å². The highest BCUT2D eigenvalue weighted by Gasteiger charge is 2.04. The van der Waals surface area contributed by atoms with Crippen molar-refractivity contribution < 1.29 is 9.13 Å². The molecule has 0 aliphatic heterocycles. The Bertz CT molecular complexity index is 519. The highest BCUT2D eigenvalue weighted by Crippen LogP contribution is 2.15. The Morgan fingerprint density at radius 1 is 1.28 bits per heavy atom. The van der Waals surface area contributed by atoms with Gasteiger partial charge in [-0.15, -0.1) is 24.0 Å². The highest BCUT2D eigenvalue weighted by molar-refractivity contribution is 14.0. The van der Waals surface area contributed by atoms with Gasteiger partial charge in [-0.3, -0.25) is 4.99 Å². The third-order valence-corrected chi connectivity index (χ3v) is 4.09. The van der Waals surface area contributed by atoms with Gasteiger partial charge in [-0.2, -0.15) is 0 Å². The second kappa shape index (κ2) is 14.7. The largest absolute Gasteiger partial charge is 0.385 e. The average molecular weight is 531 g/mol. The first kappa shape index (κ1) is 24.6. The van der Waals surface area contributed by atoms with Gasteiger partial charge < -0.3 is 20.3 Å². The molecule has 0 fully saturated rings. The van der Waals surface area contributed by atoms with Crippen LogP contribution in [0.3, 0.4) is 0 Å². The Labute approximate surface area is 175 Å². The lowest BCUT2D eigenvalue weighted by molar-refractivity contribution is 0.180. The van der Waals surface area contributed by atoms with Crippen molar-refractivity contribution >= 4 is 45.9 Å². The minimum atomic E-state index is -0.180. The second-order valence-electron chi connectivity index (χ2n) is 5.56. The molecule has 0 aliphatic carbocycles. The zero-order chi connectivity index (χ0) is 17.8. The van der Waals surface area contributed by atoms with Crippen LogP contribution in [-0.2, 0) is 11.2 Å². The van der Waals surface area contributed by atoms with E-state index in [2.05, 4.69) is 43.5 Å². The zero-order valence-corrected chi connectivity index (χ0v) is 19.1. The number of ether oxygens (including phenoxy) is 1. The van der Waals surface area contributed by atoms with Crippen LogP contribution >= 0.6 is 39.9 Å². The SMILES string of the molecule is CN=C(NCCc1cc(Br)ccc1F)NCCN(C)CCCOC.I. The van der Waals surface area contributed by atoms with E-state index in [-0.39, 0.29) is 29.8 Å². The Morgan fingerprint density at radius 3 is 2.68 bits per heavy atom. The molecule has 0 amide bonds. The molecule has 0 saturated carbocycles. The molecule has 8 heteroatoms. The fourth-order valence-corrected chi connectivity index (χ4v) is 2.64. The van der Waals surface area contributed by atoms with Crippen LogP contribution in [0.5, 0.6) is 0 Å². The van der Waals surface area contributed by atoms with Crippen LogP contribution in [0.15, 0.2) is 27.7 Å². The predicted molar refractivity (Wildman–Crippen MR) is 117 cm³/mol. The van der Waals surface area contributed by atoms with Gasteiger partial charge in [0.05, 0.1) is 0 Å². The number of nitrogens with one attached hydrogen (secondary N) is 2. The molecule has 5 nitrogen and oxygen atoms in total. The number of methoxy groups -OCH3 is 1. The fraction of sp³-hybridized carbons (Fsp3) is 0.588. The minimum Gasteiger partial charge on any atom is -0.385 e.